The van der Waals surface area contributed by atoms with Gasteiger partial charge in [0.05, 0.1) is 37.2 Å². The second kappa shape index (κ2) is 8.39. The number of hydrogen-bond donors (Lipinski definition) is 3. The maximum atomic E-state index is 12.6. The highest BCUT2D eigenvalue weighted by molar-refractivity contribution is 5.94. The Hall–Kier alpha value is -3.63. The van der Waals surface area contributed by atoms with Crippen LogP contribution in [0.3, 0.4) is 0 Å². The van der Waals surface area contributed by atoms with E-state index in [1.807, 2.05) is 66.4 Å². The maximum absolute atomic E-state index is 12.6. The third-order valence-corrected chi connectivity index (χ3v) is 5.73. The van der Waals surface area contributed by atoms with Gasteiger partial charge >= 0.3 is 0 Å². The van der Waals surface area contributed by atoms with Crippen LogP contribution >= 0.6 is 0 Å². The monoisotopic (exact) mass is 402 g/mol. The normalized spacial score (nSPS) is 16.7. The van der Waals surface area contributed by atoms with Gasteiger partial charge < -0.3 is 19.9 Å². The number of fused-ring (bicyclic) bond motifs is 1. The number of carbonyl (C=O) groups is 1. The van der Waals surface area contributed by atoms with Crippen molar-refractivity contribution in [3.05, 3.63) is 71.7 Å². The highest BCUT2D eigenvalue weighted by Crippen LogP contribution is 2.19. The van der Waals surface area contributed by atoms with Gasteiger partial charge in [-0.25, -0.2) is 4.98 Å². The van der Waals surface area contributed by atoms with Gasteiger partial charge in [0, 0.05) is 5.56 Å². The number of carbonyl (C=O) groups excluding carboxylic acids is 1. The second-order valence-corrected chi connectivity index (χ2v) is 7.51. The van der Waals surface area contributed by atoms with Crippen LogP contribution in [0.25, 0.3) is 16.6 Å². The Morgan fingerprint density at radius 1 is 1.17 bits per heavy atom. The van der Waals surface area contributed by atoms with Crippen LogP contribution in [-0.4, -0.2) is 58.1 Å². The molecule has 2 heterocycles. The molecule has 1 aromatic heterocycles. The van der Waals surface area contributed by atoms with Crippen LogP contribution in [-0.2, 0) is 0 Å². The number of aliphatic hydroxyl groups is 1. The van der Waals surface area contributed by atoms with Crippen LogP contribution in [0.5, 0.6) is 0 Å². The number of allylic oxidation sites excluding steroid dienone is 1. The molecule has 3 aromatic rings. The molecule has 152 valence electrons. The third kappa shape index (κ3) is 3.78. The number of aliphatic hydroxyl groups excluding tert-OH is 1. The van der Waals surface area contributed by atoms with Gasteiger partial charge in [0.2, 0.25) is 0 Å². The Labute approximate surface area is 174 Å². The maximum Gasteiger partial charge on any atom is 0.254 e. The molecule has 1 fully saturated rings. The lowest BCUT2D eigenvalue weighted by Gasteiger charge is -2.35. The fourth-order valence-corrected chi connectivity index (χ4v) is 3.91. The number of aromatic nitrogens is 2. The van der Waals surface area contributed by atoms with E-state index >= 15 is 0 Å². The number of nitrogens with one attached hydrogen (secondary N) is 2. The van der Waals surface area contributed by atoms with Gasteiger partial charge in [0.1, 0.15) is 17.7 Å². The number of quaternary nitrogens is 1. The average Bonchev–Trinajstić information content (AvgIpc) is 3.23. The second-order valence-electron chi connectivity index (χ2n) is 7.51. The van der Waals surface area contributed by atoms with Crippen LogP contribution in [0.4, 0.5) is 0 Å². The summed E-state index contributed by atoms with van der Waals surface area (Å²) < 4.78 is 0. The SMILES string of the molecule is C[C@@H](/C(O)=C(\C#N)c1nc2ccccc2[nH]1)[NH+]1CCN(C(=O)c2ccccc2)CC1. The zero-order chi connectivity index (χ0) is 21.1. The molecule has 1 aliphatic rings. The number of benzene rings is 2. The molecule has 1 aliphatic heterocycles. The lowest BCUT2D eigenvalue weighted by atomic mass is 10.1. The molecule has 0 unspecified atom stereocenters. The smallest absolute Gasteiger partial charge is 0.254 e. The predicted molar refractivity (Wildman–Crippen MR) is 114 cm³/mol. The van der Waals surface area contributed by atoms with Crippen LogP contribution in [0, 0.1) is 11.3 Å². The molecule has 1 atom stereocenters. The number of hydrogen-bond acceptors (Lipinski definition) is 4. The number of rotatable bonds is 4. The van der Waals surface area contributed by atoms with Crippen molar-refractivity contribution in [3.8, 4) is 6.07 Å². The molecule has 7 nitrogen and oxygen atoms in total. The summed E-state index contributed by atoms with van der Waals surface area (Å²) in [5.41, 5.74) is 2.42. The van der Waals surface area contributed by atoms with Crippen LogP contribution < -0.4 is 4.90 Å². The number of H-pyrrole nitrogens is 1. The van der Waals surface area contributed by atoms with E-state index < -0.39 is 0 Å². The van der Waals surface area contributed by atoms with E-state index in [1.165, 1.54) is 0 Å². The highest BCUT2D eigenvalue weighted by atomic mass is 16.3. The van der Waals surface area contributed by atoms with Crippen molar-refractivity contribution in [3.63, 3.8) is 0 Å². The largest absolute Gasteiger partial charge is 0.505 e. The Morgan fingerprint density at radius 2 is 1.83 bits per heavy atom. The quantitative estimate of drug-likeness (QED) is 0.458. The summed E-state index contributed by atoms with van der Waals surface area (Å²) in [5.74, 6) is 0.428. The first-order valence-electron chi connectivity index (χ1n) is 10.1. The zero-order valence-corrected chi connectivity index (χ0v) is 16.8. The predicted octanol–water partition coefficient (Wildman–Crippen LogP) is 1.78. The van der Waals surface area contributed by atoms with Crippen molar-refractivity contribution >= 4 is 22.5 Å². The molecule has 3 N–H and O–H groups in total. The van der Waals surface area contributed by atoms with Crippen molar-refractivity contribution in [2.45, 2.75) is 13.0 Å². The summed E-state index contributed by atoms with van der Waals surface area (Å²) in [6.07, 6.45) is 0. The molecule has 0 bridgehead atoms. The summed E-state index contributed by atoms with van der Waals surface area (Å²) in [4.78, 5) is 23.2. The molecule has 1 saturated heterocycles. The summed E-state index contributed by atoms with van der Waals surface area (Å²) in [7, 11) is 0. The summed E-state index contributed by atoms with van der Waals surface area (Å²) >= 11 is 0. The van der Waals surface area contributed by atoms with Gasteiger partial charge in [0.15, 0.2) is 11.6 Å². The van der Waals surface area contributed by atoms with Crippen molar-refractivity contribution in [1.29, 1.82) is 5.26 Å². The number of nitriles is 1. The average molecular weight is 402 g/mol. The van der Waals surface area contributed by atoms with Gasteiger partial charge in [-0.2, -0.15) is 5.26 Å². The first-order valence-corrected chi connectivity index (χ1v) is 10.1. The first kappa shape index (κ1) is 19.7. The van der Waals surface area contributed by atoms with Crippen LogP contribution in [0.15, 0.2) is 60.4 Å². The van der Waals surface area contributed by atoms with Gasteiger partial charge in [-0.05, 0) is 31.2 Å². The molecule has 0 aliphatic carbocycles. The molecule has 30 heavy (non-hydrogen) atoms. The van der Waals surface area contributed by atoms with Gasteiger partial charge in [-0.15, -0.1) is 0 Å². The molecular weight excluding hydrogens is 378 g/mol. The first-order chi connectivity index (χ1) is 14.6. The number of para-hydroxylation sites is 2. The molecule has 1 amide bonds. The van der Waals surface area contributed by atoms with E-state index in [2.05, 4.69) is 16.0 Å². The molecule has 0 radical (unpaired) electrons. The minimum absolute atomic E-state index is 0.0226. The van der Waals surface area contributed by atoms with Gasteiger partial charge in [0.25, 0.3) is 5.91 Å². The lowest BCUT2D eigenvalue weighted by molar-refractivity contribution is -0.923. The Kier molecular flexibility index (Phi) is 5.50. The minimum Gasteiger partial charge on any atom is -0.505 e. The van der Waals surface area contributed by atoms with E-state index in [0.29, 0.717) is 37.6 Å². The highest BCUT2D eigenvalue weighted by Gasteiger charge is 2.31. The standard InChI is InChI=1S/C23H23N5O2/c1-16(21(29)18(15-24)22-25-19-9-5-6-10-20(19)26-22)27-11-13-28(14-12-27)23(30)17-7-3-2-4-8-17/h2-10,16,29H,11-14H2,1H3,(H,25,26)/p+1/b21-18-/t16-/m0/s1. The lowest BCUT2D eigenvalue weighted by Crippen LogP contribution is -3.18. The van der Waals surface area contributed by atoms with E-state index in [4.69, 9.17) is 0 Å². The zero-order valence-electron chi connectivity index (χ0n) is 16.8. The van der Waals surface area contributed by atoms with Crippen LogP contribution in [0.1, 0.15) is 23.1 Å². The molecule has 2 aromatic carbocycles. The van der Waals surface area contributed by atoms with E-state index in [9.17, 15) is 15.2 Å². The van der Waals surface area contributed by atoms with Crippen molar-refractivity contribution in [1.82, 2.24) is 14.9 Å². The molecule has 0 spiro atoms. The fraction of sp³-hybridized carbons (Fsp3) is 0.261. The minimum atomic E-state index is -0.276. The van der Waals surface area contributed by atoms with Crippen molar-refractivity contribution < 1.29 is 14.8 Å². The fourth-order valence-electron chi connectivity index (χ4n) is 3.91. The molecular formula is C23H24N5O2+. The topological polar surface area (TPSA) is 97.4 Å². The van der Waals surface area contributed by atoms with Crippen molar-refractivity contribution in [2.24, 2.45) is 0 Å². The Balaban J connectivity index is 1.48. The van der Waals surface area contributed by atoms with E-state index in [0.717, 1.165) is 15.9 Å². The number of piperazine rings is 1. The molecule has 7 heteroatoms. The summed E-state index contributed by atoms with van der Waals surface area (Å²) in [5, 5.41) is 20.5. The molecule has 0 saturated carbocycles. The number of imidazole rings is 1. The third-order valence-electron chi connectivity index (χ3n) is 5.73. The summed E-state index contributed by atoms with van der Waals surface area (Å²) in [6, 6.07) is 18.6. The van der Waals surface area contributed by atoms with Crippen LogP contribution in [0.2, 0.25) is 0 Å². The number of nitrogens with zero attached hydrogens (tertiary/aromatic N) is 3. The Bertz CT molecular complexity index is 1090. The van der Waals surface area contributed by atoms with Gasteiger partial charge in [-0.1, -0.05) is 30.3 Å². The Morgan fingerprint density at radius 3 is 2.50 bits per heavy atom. The van der Waals surface area contributed by atoms with E-state index in [1.54, 1.807) is 0 Å². The number of aromatic amines is 1. The van der Waals surface area contributed by atoms with Crippen molar-refractivity contribution in [2.75, 3.05) is 26.2 Å². The van der Waals surface area contributed by atoms with Gasteiger partial charge in [-0.3, -0.25) is 4.79 Å². The number of amides is 1. The summed E-state index contributed by atoms with van der Waals surface area (Å²) in [6.45, 7) is 4.50. The molecule has 4 rings (SSSR count). The van der Waals surface area contributed by atoms with E-state index in [-0.39, 0.29) is 23.3 Å².